The Labute approximate surface area is 210 Å². The fraction of sp³-hybridized carbons (Fsp3) is 0.200. The minimum atomic E-state index is -0.139. The molecule has 35 heavy (non-hydrogen) atoms. The van der Waals surface area contributed by atoms with Gasteiger partial charge in [-0.05, 0) is 17.5 Å². The average molecular weight is 480 g/mol. The lowest BCUT2D eigenvalue weighted by atomic mass is 9.94. The third-order valence-corrected chi connectivity index (χ3v) is 7.32. The number of thiazole rings is 1. The Morgan fingerprint density at radius 1 is 0.943 bits per heavy atom. The van der Waals surface area contributed by atoms with Gasteiger partial charge < -0.3 is 4.90 Å². The molecule has 0 N–H and O–H groups in total. The summed E-state index contributed by atoms with van der Waals surface area (Å²) in [5.41, 5.74) is 5.50. The van der Waals surface area contributed by atoms with Crippen LogP contribution in [0.25, 0.3) is 16.2 Å². The molecule has 4 nitrogen and oxygen atoms in total. The first-order valence-corrected chi connectivity index (χ1v) is 13.0. The molecule has 0 aliphatic heterocycles. The van der Waals surface area contributed by atoms with Gasteiger partial charge in [0.05, 0.1) is 11.6 Å². The van der Waals surface area contributed by atoms with Gasteiger partial charge in [0.1, 0.15) is 0 Å². The van der Waals surface area contributed by atoms with Crippen LogP contribution in [0.1, 0.15) is 36.1 Å². The molecule has 0 aliphatic rings. The van der Waals surface area contributed by atoms with Crippen LogP contribution in [0.5, 0.6) is 0 Å². The number of benzene rings is 3. The summed E-state index contributed by atoms with van der Waals surface area (Å²) in [6.45, 7) is 3.35. The number of fused-ring (bicyclic) bond motifs is 1. The molecule has 5 heteroatoms. The number of amides is 1. The maximum absolute atomic E-state index is 13.8. The van der Waals surface area contributed by atoms with Gasteiger partial charge in [-0.15, -0.1) is 11.3 Å². The maximum atomic E-state index is 13.8. The van der Waals surface area contributed by atoms with Gasteiger partial charge in [-0.2, -0.15) is 0 Å². The molecule has 2 heterocycles. The van der Waals surface area contributed by atoms with Gasteiger partial charge >= 0.3 is 0 Å². The Morgan fingerprint density at radius 2 is 1.60 bits per heavy atom. The monoisotopic (exact) mass is 479 g/mol. The van der Waals surface area contributed by atoms with E-state index in [4.69, 9.17) is 4.98 Å². The SMILES string of the molecule is CCC(C(=O)N(CCc1csc2nc(-c3ccccc3)cn12)Cc1ccccc1)c1ccccc1. The average Bonchev–Trinajstić information content (AvgIpc) is 3.50. The third-order valence-electron chi connectivity index (χ3n) is 6.43. The normalized spacial score (nSPS) is 12.0. The van der Waals surface area contributed by atoms with Gasteiger partial charge in [0.15, 0.2) is 4.96 Å². The summed E-state index contributed by atoms with van der Waals surface area (Å²) in [6.07, 6.45) is 3.66. The lowest BCUT2D eigenvalue weighted by molar-refractivity contribution is -0.133. The molecule has 0 aliphatic carbocycles. The van der Waals surface area contributed by atoms with Gasteiger partial charge in [-0.1, -0.05) is 97.9 Å². The molecule has 0 bridgehead atoms. The fourth-order valence-corrected chi connectivity index (χ4v) is 5.44. The van der Waals surface area contributed by atoms with Crippen LogP contribution in [-0.2, 0) is 17.8 Å². The number of carbonyl (C=O) groups excluding carboxylic acids is 1. The molecule has 0 saturated heterocycles. The summed E-state index contributed by atoms with van der Waals surface area (Å²) in [5, 5.41) is 2.16. The Hall–Kier alpha value is -3.70. The topological polar surface area (TPSA) is 37.6 Å². The first-order chi connectivity index (χ1) is 17.2. The molecule has 1 unspecified atom stereocenters. The molecule has 2 aromatic heterocycles. The zero-order chi connectivity index (χ0) is 24.0. The van der Waals surface area contributed by atoms with E-state index in [0.29, 0.717) is 13.1 Å². The lowest BCUT2D eigenvalue weighted by Crippen LogP contribution is -2.36. The predicted octanol–water partition coefficient (Wildman–Crippen LogP) is 6.83. The summed E-state index contributed by atoms with van der Waals surface area (Å²) >= 11 is 1.65. The second-order valence-electron chi connectivity index (χ2n) is 8.74. The van der Waals surface area contributed by atoms with Gasteiger partial charge in [0.25, 0.3) is 0 Å². The number of nitrogens with zero attached hydrogens (tertiary/aromatic N) is 3. The largest absolute Gasteiger partial charge is 0.337 e. The lowest BCUT2D eigenvalue weighted by Gasteiger charge is -2.27. The molecule has 176 valence electrons. The molecule has 5 rings (SSSR count). The summed E-state index contributed by atoms with van der Waals surface area (Å²) in [5.74, 6) is 0.0463. The van der Waals surface area contributed by atoms with E-state index in [0.717, 1.165) is 40.2 Å². The Bertz CT molecular complexity index is 1380. The van der Waals surface area contributed by atoms with Crippen LogP contribution >= 0.6 is 11.3 Å². The van der Waals surface area contributed by atoms with Crippen molar-refractivity contribution >= 4 is 22.2 Å². The summed E-state index contributed by atoms with van der Waals surface area (Å²) < 4.78 is 2.17. The number of hydrogen-bond donors (Lipinski definition) is 0. The molecular formula is C30H29N3OS. The van der Waals surface area contributed by atoms with Crippen molar-refractivity contribution in [3.05, 3.63) is 119 Å². The van der Waals surface area contributed by atoms with Crippen molar-refractivity contribution in [2.75, 3.05) is 6.54 Å². The smallest absolute Gasteiger partial charge is 0.230 e. The van der Waals surface area contributed by atoms with E-state index in [1.54, 1.807) is 11.3 Å². The van der Waals surface area contributed by atoms with Crippen molar-refractivity contribution in [3.8, 4) is 11.3 Å². The maximum Gasteiger partial charge on any atom is 0.230 e. The van der Waals surface area contributed by atoms with Crippen molar-refractivity contribution < 1.29 is 4.79 Å². The number of carbonyl (C=O) groups is 1. The van der Waals surface area contributed by atoms with Gasteiger partial charge in [-0.3, -0.25) is 9.20 Å². The second kappa shape index (κ2) is 10.7. The molecule has 1 amide bonds. The van der Waals surface area contributed by atoms with Crippen molar-refractivity contribution in [2.24, 2.45) is 0 Å². The molecule has 0 spiro atoms. The first-order valence-electron chi connectivity index (χ1n) is 12.1. The summed E-state index contributed by atoms with van der Waals surface area (Å²) in [7, 11) is 0. The third kappa shape index (κ3) is 5.20. The summed E-state index contributed by atoms with van der Waals surface area (Å²) in [6, 6.07) is 30.7. The van der Waals surface area contributed by atoms with E-state index in [9.17, 15) is 4.79 Å². The van der Waals surface area contributed by atoms with Crippen LogP contribution in [0.2, 0.25) is 0 Å². The highest BCUT2D eigenvalue weighted by atomic mass is 32.1. The Morgan fingerprint density at radius 3 is 2.29 bits per heavy atom. The van der Waals surface area contributed by atoms with Crippen molar-refractivity contribution in [1.29, 1.82) is 0 Å². The minimum absolute atomic E-state index is 0.139. The predicted molar refractivity (Wildman–Crippen MR) is 144 cm³/mol. The van der Waals surface area contributed by atoms with E-state index in [-0.39, 0.29) is 11.8 Å². The highest BCUT2D eigenvalue weighted by Crippen LogP contribution is 2.26. The highest BCUT2D eigenvalue weighted by molar-refractivity contribution is 7.15. The van der Waals surface area contributed by atoms with E-state index >= 15 is 0 Å². The minimum Gasteiger partial charge on any atom is -0.337 e. The second-order valence-corrected chi connectivity index (χ2v) is 9.58. The van der Waals surface area contributed by atoms with Crippen molar-refractivity contribution in [1.82, 2.24) is 14.3 Å². The van der Waals surface area contributed by atoms with E-state index < -0.39 is 0 Å². The molecule has 0 saturated carbocycles. The summed E-state index contributed by atoms with van der Waals surface area (Å²) in [4.78, 5) is 21.6. The number of imidazole rings is 1. The van der Waals surface area contributed by atoms with Crippen LogP contribution in [0.3, 0.4) is 0 Å². The van der Waals surface area contributed by atoms with E-state index in [1.807, 2.05) is 59.5 Å². The molecule has 3 aromatic carbocycles. The molecular weight excluding hydrogens is 450 g/mol. The highest BCUT2D eigenvalue weighted by Gasteiger charge is 2.25. The number of rotatable bonds is 9. The van der Waals surface area contributed by atoms with Gasteiger partial charge in [0, 0.05) is 42.3 Å². The Kier molecular flexibility index (Phi) is 7.05. The molecule has 0 radical (unpaired) electrons. The zero-order valence-electron chi connectivity index (χ0n) is 19.9. The van der Waals surface area contributed by atoms with Crippen molar-refractivity contribution in [2.45, 2.75) is 32.2 Å². The Balaban J connectivity index is 1.39. The van der Waals surface area contributed by atoms with Gasteiger partial charge in [0.2, 0.25) is 5.91 Å². The van der Waals surface area contributed by atoms with Crippen LogP contribution < -0.4 is 0 Å². The number of hydrogen-bond acceptors (Lipinski definition) is 3. The molecule has 1 atom stereocenters. The number of aromatic nitrogens is 2. The quantitative estimate of drug-likeness (QED) is 0.232. The zero-order valence-corrected chi connectivity index (χ0v) is 20.7. The molecule has 5 aromatic rings. The van der Waals surface area contributed by atoms with Crippen LogP contribution in [-0.4, -0.2) is 26.7 Å². The fourth-order valence-electron chi connectivity index (χ4n) is 4.54. The standard InChI is InChI=1S/C30H29N3OS/c1-2-27(24-14-8-4-9-15-24)29(34)32(20-23-12-6-3-7-13-23)19-18-26-22-35-30-31-28(21-33(26)30)25-16-10-5-11-17-25/h3-17,21-22,27H,2,18-20H2,1H3. The van der Waals surface area contributed by atoms with E-state index in [1.165, 1.54) is 5.69 Å². The van der Waals surface area contributed by atoms with Gasteiger partial charge in [-0.25, -0.2) is 4.98 Å². The first kappa shape index (κ1) is 23.1. The molecule has 0 fully saturated rings. The van der Waals surface area contributed by atoms with Crippen molar-refractivity contribution in [3.63, 3.8) is 0 Å². The van der Waals surface area contributed by atoms with E-state index in [2.05, 4.69) is 59.3 Å². The van der Waals surface area contributed by atoms with Crippen LogP contribution in [0.4, 0.5) is 0 Å². The van der Waals surface area contributed by atoms with Crippen LogP contribution in [0.15, 0.2) is 103 Å². The van der Waals surface area contributed by atoms with Crippen LogP contribution in [0, 0.1) is 0 Å².